The molecule has 0 aliphatic carbocycles. The monoisotopic (exact) mass is 196 g/mol. The van der Waals surface area contributed by atoms with Gasteiger partial charge in [0.25, 0.3) is 0 Å². The SMILES string of the molecule is CN(C)[C@@H](CCCN)C(=O)O.Cl. The number of hydrogen-bond donors (Lipinski definition) is 2. The van der Waals surface area contributed by atoms with E-state index in [1.165, 1.54) is 0 Å². The number of halogens is 1. The Balaban J connectivity index is 0. The Hall–Kier alpha value is -0.320. The number of rotatable bonds is 5. The van der Waals surface area contributed by atoms with Crippen molar-refractivity contribution in [3.05, 3.63) is 0 Å². The van der Waals surface area contributed by atoms with Crippen molar-refractivity contribution in [1.29, 1.82) is 0 Å². The standard InChI is InChI=1S/C7H16N2O2.ClH/c1-9(2)6(7(10)11)4-3-5-8;/h6H,3-5,8H2,1-2H3,(H,10,11);1H/t6-;/m0./s1. The largest absolute Gasteiger partial charge is 0.480 e. The van der Waals surface area contributed by atoms with Gasteiger partial charge in [0, 0.05) is 0 Å². The summed E-state index contributed by atoms with van der Waals surface area (Å²) in [5.41, 5.74) is 5.27. The van der Waals surface area contributed by atoms with Gasteiger partial charge in [0.05, 0.1) is 0 Å². The number of hydrogen-bond acceptors (Lipinski definition) is 3. The van der Waals surface area contributed by atoms with Crippen molar-refractivity contribution in [1.82, 2.24) is 4.90 Å². The molecule has 74 valence electrons. The summed E-state index contributed by atoms with van der Waals surface area (Å²) in [6.45, 7) is 0.553. The van der Waals surface area contributed by atoms with Gasteiger partial charge < -0.3 is 10.8 Å². The first-order valence-corrected chi connectivity index (χ1v) is 3.69. The molecule has 3 N–H and O–H groups in total. The third-order valence-corrected chi connectivity index (χ3v) is 1.59. The van der Waals surface area contributed by atoms with Crippen molar-refractivity contribution < 1.29 is 9.90 Å². The summed E-state index contributed by atoms with van der Waals surface area (Å²) in [6.07, 6.45) is 1.38. The quantitative estimate of drug-likeness (QED) is 0.658. The molecule has 0 unspecified atom stereocenters. The van der Waals surface area contributed by atoms with Crippen LogP contribution in [0.1, 0.15) is 12.8 Å². The molecule has 0 aliphatic heterocycles. The van der Waals surface area contributed by atoms with E-state index >= 15 is 0 Å². The Kier molecular flexibility index (Phi) is 8.69. The lowest BCUT2D eigenvalue weighted by Crippen LogP contribution is -2.35. The van der Waals surface area contributed by atoms with E-state index in [-0.39, 0.29) is 12.4 Å². The molecule has 0 fully saturated rings. The van der Waals surface area contributed by atoms with Crippen LogP contribution < -0.4 is 5.73 Å². The zero-order valence-electron chi connectivity index (χ0n) is 7.49. The van der Waals surface area contributed by atoms with E-state index in [0.717, 1.165) is 6.42 Å². The van der Waals surface area contributed by atoms with Crippen LogP contribution in [0.3, 0.4) is 0 Å². The van der Waals surface area contributed by atoms with Crippen LogP contribution in [0.4, 0.5) is 0 Å². The fourth-order valence-electron chi connectivity index (χ4n) is 0.914. The molecule has 0 saturated heterocycles. The normalized spacial score (nSPS) is 12.3. The minimum Gasteiger partial charge on any atom is -0.480 e. The average Bonchev–Trinajstić information content (AvgIpc) is 1.87. The second kappa shape index (κ2) is 7.34. The van der Waals surface area contributed by atoms with Crippen LogP contribution in [0.2, 0.25) is 0 Å². The lowest BCUT2D eigenvalue weighted by Gasteiger charge is -2.19. The van der Waals surface area contributed by atoms with Gasteiger partial charge in [-0.3, -0.25) is 9.69 Å². The van der Waals surface area contributed by atoms with E-state index in [4.69, 9.17) is 10.8 Å². The maximum absolute atomic E-state index is 10.6. The fraction of sp³-hybridized carbons (Fsp3) is 0.857. The van der Waals surface area contributed by atoms with E-state index in [9.17, 15) is 4.79 Å². The Morgan fingerprint density at radius 2 is 2.08 bits per heavy atom. The zero-order chi connectivity index (χ0) is 8.85. The molecule has 4 nitrogen and oxygen atoms in total. The first-order valence-electron chi connectivity index (χ1n) is 3.69. The molecule has 0 radical (unpaired) electrons. The maximum Gasteiger partial charge on any atom is 0.320 e. The molecule has 0 bridgehead atoms. The summed E-state index contributed by atoms with van der Waals surface area (Å²) < 4.78 is 0. The third kappa shape index (κ3) is 5.35. The van der Waals surface area contributed by atoms with Crippen molar-refractivity contribution in [2.45, 2.75) is 18.9 Å². The van der Waals surface area contributed by atoms with Crippen LogP contribution >= 0.6 is 12.4 Å². The Bertz CT molecular complexity index is 131. The fourth-order valence-corrected chi connectivity index (χ4v) is 0.914. The van der Waals surface area contributed by atoms with Gasteiger partial charge in [-0.1, -0.05) is 0 Å². The summed E-state index contributed by atoms with van der Waals surface area (Å²) in [7, 11) is 3.52. The maximum atomic E-state index is 10.6. The predicted octanol–water partition coefficient (Wildman–Crippen LogP) is 0.162. The van der Waals surface area contributed by atoms with E-state index in [1.54, 1.807) is 19.0 Å². The molecule has 1 atom stereocenters. The van der Waals surface area contributed by atoms with Crippen LogP contribution in [0, 0.1) is 0 Å². The molecule has 5 heteroatoms. The van der Waals surface area contributed by atoms with Gasteiger partial charge >= 0.3 is 5.97 Å². The number of likely N-dealkylation sites (N-methyl/N-ethyl adjacent to an activating group) is 1. The lowest BCUT2D eigenvalue weighted by molar-refractivity contribution is -0.142. The van der Waals surface area contributed by atoms with E-state index in [2.05, 4.69) is 0 Å². The number of aliphatic carboxylic acids is 1. The molecule has 0 amide bonds. The molecule has 0 rings (SSSR count). The highest BCUT2D eigenvalue weighted by Gasteiger charge is 2.18. The molecule has 0 heterocycles. The number of nitrogens with two attached hydrogens (primary N) is 1. The summed E-state index contributed by atoms with van der Waals surface area (Å²) in [6, 6.07) is -0.390. The van der Waals surface area contributed by atoms with Gasteiger partial charge in [0.15, 0.2) is 0 Å². The molecular weight excluding hydrogens is 180 g/mol. The topological polar surface area (TPSA) is 66.6 Å². The molecule has 0 saturated carbocycles. The Morgan fingerprint density at radius 3 is 2.33 bits per heavy atom. The number of carboxylic acids is 1. The second-order valence-corrected chi connectivity index (χ2v) is 2.75. The smallest absolute Gasteiger partial charge is 0.320 e. The molecule has 0 aromatic heterocycles. The number of nitrogens with zero attached hydrogens (tertiary/aromatic N) is 1. The van der Waals surface area contributed by atoms with E-state index in [1.807, 2.05) is 0 Å². The van der Waals surface area contributed by atoms with Gasteiger partial charge in [-0.25, -0.2) is 0 Å². The predicted molar refractivity (Wildman–Crippen MR) is 50.6 cm³/mol. The summed E-state index contributed by atoms with van der Waals surface area (Å²) >= 11 is 0. The van der Waals surface area contributed by atoms with Crippen molar-refractivity contribution in [2.24, 2.45) is 5.73 Å². The summed E-state index contributed by atoms with van der Waals surface area (Å²) in [5.74, 6) is -0.775. The van der Waals surface area contributed by atoms with Crippen molar-refractivity contribution >= 4 is 18.4 Å². The van der Waals surface area contributed by atoms with E-state index < -0.39 is 12.0 Å². The molecular formula is C7H17ClN2O2. The second-order valence-electron chi connectivity index (χ2n) is 2.75. The highest BCUT2D eigenvalue weighted by Crippen LogP contribution is 2.01. The highest BCUT2D eigenvalue weighted by atomic mass is 35.5. The first kappa shape index (κ1) is 14.2. The highest BCUT2D eigenvalue weighted by molar-refractivity contribution is 5.85. The van der Waals surface area contributed by atoms with Gasteiger partial charge in [-0.15, -0.1) is 12.4 Å². The lowest BCUT2D eigenvalue weighted by atomic mass is 10.1. The Labute approximate surface area is 79.1 Å². The van der Waals surface area contributed by atoms with Crippen LogP contribution in [-0.2, 0) is 4.79 Å². The Morgan fingerprint density at radius 1 is 1.58 bits per heavy atom. The minimum atomic E-state index is -0.775. The average molecular weight is 197 g/mol. The first-order chi connectivity index (χ1) is 5.09. The van der Waals surface area contributed by atoms with Crippen molar-refractivity contribution in [2.75, 3.05) is 20.6 Å². The summed E-state index contributed by atoms with van der Waals surface area (Å²) in [4.78, 5) is 12.3. The van der Waals surface area contributed by atoms with Crippen LogP contribution in [0.15, 0.2) is 0 Å². The van der Waals surface area contributed by atoms with Gasteiger partial charge in [-0.05, 0) is 33.5 Å². The third-order valence-electron chi connectivity index (χ3n) is 1.59. The van der Waals surface area contributed by atoms with Crippen LogP contribution in [0.5, 0.6) is 0 Å². The molecule has 0 aromatic carbocycles. The van der Waals surface area contributed by atoms with Gasteiger partial charge in [0.1, 0.15) is 6.04 Å². The minimum absolute atomic E-state index is 0. The number of carbonyl (C=O) groups is 1. The van der Waals surface area contributed by atoms with Crippen molar-refractivity contribution in [3.63, 3.8) is 0 Å². The van der Waals surface area contributed by atoms with Crippen molar-refractivity contribution in [3.8, 4) is 0 Å². The molecule has 0 aliphatic rings. The van der Waals surface area contributed by atoms with E-state index in [0.29, 0.717) is 13.0 Å². The molecule has 12 heavy (non-hydrogen) atoms. The number of carboxylic acid groups (broad SMARTS) is 1. The van der Waals surface area contributed by atoms with Crippen LogP contribution in [-0.4, -0.2) is 42.7 Å². The molecule has 0 aromatic rings. The zero-order valence-corrected chi connectivity index (χ0v) is 8.30. The van der Waals surface area contributed by atoms with Crippen LogP contribution in [0.25, 0.3) is 0 Å². The molecule has 0 spiro atoms. The van der Waals surface area contributed by atoms with Gasteiger partial charge in [0.2, 0.25) is 0 Å². The summed E-state index contributed by atoms with van der Waals surface area (Å²) in [5, 5.41) is 8.69. The van der Waals surface area contributed by atoms with Gasteiger partial charge in [-0.2, -0.15) is 0 Å².